The number of carboxylic acid groups (broad SMARTS) is 1. The van der Waals surface area contributed by atoms with Gasteiger partial charge in [0.15, 0.2) is 0 Å². The van der Waals surface area contributed by atoms with Gasteiger partial charge in [0.25, 0.3) is 0 Å². The number of carbonyl (C=O) groups is 1. The first-order valence-corrected chi connectivity index (χ1v) is 11.1. The van der Waals surface area contributed by atoms with Crippen molar-refractivity contribution in [3.05, 3.63) is 58.1 Å². The zero-order valence-electron chi connectivity index (χ0n) is 17.4. The van der Waals surface area contributed by atoms with Crippen molar-refractivity contribution in [2.24, 2.45) is 11.8 Å². The molecule has 2 aromatic rings. The smallest absolute Gasteiger partial charge is 0.309 e. The molecule has 2 aliphatic rings. The predicted molar refractivity (Wildman–Crippen MR) is 117 cm³/mol. The number of aliphatic carboxylic acids is 1. The average molecular weight is 475 g/mol. The van der Waals surface area contributed by atoms with Gasteiger partial charge in [0.05, 0.1) is 25.2 Å². The molecule has 5 nitrogen and oxygen atoms in total. The Morgan fingerprint density at radius 2 is 2.07 bits per heavy atom. The molecule has 0 aromatic heterocycles. The van der Waals surface area contributed by atoms with Crippen LogP contribution in [0.25, 0.3) is 0 Å². The van der Waals surface area contributed by atoms with Crippen LogP contribution in [0, 0.1) is 11.8 Å². The summed E-state index contributed by atoms with van der Waals surface area (Å²) < 4.78 is 19.1. The summed E-state index contributed by atoms with van der Waals surface area (Å²) in [4.78, 5) is 12.1. The van der Waals surface area contributed by atoms with E-state index in [0.29, 0.717) is 12.8 Å². The van der Waals surface area contributed by atoms with Crippen molar-refractivity contribution >= 4 is 21.9 Å². The minimum Gasteiger partial charge on any atom is -0.497 e. The third-order valence-electron chi connectivity index (χ3n) is 6.36. The zero-order chi connectivity index (χ0) is 21.5. The van der Waals surface area contributed by atoms with Gasteiger partial charge in [0.1, 0.15) is 17.1 Å². The Kier molecular flexibility index (Phi) is 5.82. The largest absolute Gasteiger partial charge is 0.497 e. The Morgan fingerprint density at radius 1 is 1.27 bits per heavy atom. The van der Waals surface area contributed by atoms with Gasteiger partial charge < -0.3 is 19.3 Å². The van der Waals surface area contributed by atoms with E-state index >= 15 is 0 Å². The molecular formula is C24H27BrO5. The van der Waals surface area contributed by atoms with Crippen molar-refractivity contribution in [3.63, 3.8) is 0 Å². The summed E-state index contributed by atoms with van der Waals surface area (Å²) in [6.07, 6.45) is 1.34. The van der Waals surface area contributed by atoms with E-state index in [4.69, 9.17) is 14.2 Å². The number of hydrogen-bond acceptors (Lipinski definition) is 4. The van der Waals surface area contributed by atoms with Crippen LogP contribution < -0.4 is 9.47 Å². The van der Waals surface area contributed by atoms with Crippen molar-refractivity contribution in [2.45, 2.75) is 50.9 Å². The van der Waals surface area contributed by atoms with Crippen molar-refractivity contribution in [2.75, 3.05) is 7.11 Å². The fourth-order valence-corrected chi connectivity index (χ4v) is 5.10. The fourth-order valence-electron chi connectivity index (χ4n) is 4.73. The first-order chi connectivity index (χ1) is 14.3. The van der Waals surface area contributed by atoms with Gasteiger partial charge >= 0.3 is 5.97 Å². The van der Waals surface area contributed by atoms with E-state index < -0.39 is 17.5 Å². The van der Waals surface area contributed by atoms with Gasteiger partial charge in [-0.05, 0) is 69.0 Å². The van der Waals surface area contributed by atoms with Crippen LogP contribution in [-0.2, 0) is 16.0 Å². The van der Waals surface area contributed by atoms with E-state index in [2.05, 4.69) is 15.9 Å². The number of benzene rings is 2. The van der Waals surface area contributed by atoms with Crippen LogP contribution in [0.15, 0.2) is 46.9 Å². The van der Waals surface area contributed by atoms with Gasteiger partial charge in [-0.3, -0.25) is 4.79 Å². The molecule has 0 spiro atoms. The Balaban J connectivity index is 1.61. The van der Waals surface area contributed by atoms with Crippen LogP contribution in [0.4, 0.5) is 0 Å². The molecule has 4 atom stereocenters. The second-order valence-electron chi connectivity index (χ2n) is 8.66. The molecule has 2 heterocycles. The number of hydrogen-bond donors (Lipinski definition) is 1. The quantitative estimate of drug-likeness (QED) is 0.627. The maximum atomic E-state index is 12.1. The van der Waals surface area contributed by atoms with Crippen LogP contribution in [0.1, 0.15) is 43.9 Å². The zero-order valence-corrected chi connectivity index (χ0v) is 19.0. The molecule has 4 rings (SSSR count). The summed E-state index contributed by atoms with van der Waals surface area (Å²) in [5.74, 6) is 0.212. The predicted octanol–water partition coefficient (Wildman–Crippen LogP) is 5.41. The lowest BCUT2D eigenvalue weighted by Gasteiger charge is -2.50. The van der Waals surface area contributed by atoms with Crippen LogP contribution in [-0.4, -0.2) is 29.9 Å². The Morgan fingerprint density at radius 3 is 2.80 bits per heavy atom. The average Bonchev–Trinajstić information content (AvgIpc) is 2.72. The Bertz CT molecular complexity index is 941. The van der Waals surface area contributed by atoms with E-state index in [1.54, 1.807) is 7.11 Å². The number of halogens is 1. The van der Waals surface area contributed by atoms with E-state index in [1.165, 1.54) is 0 Å². The minimum absolute atomic E-state index is 0.0338. The third kappa shape index (κ3) is 4.08. The van der Waals surface area contributed by atoms with E-state index in [0.717, 1.165) is 33.5 Å². The molecule has 6 heteroatoms. The van der Waals surface area contributed by atoms with E-state index in [-0.39, 0.29) is 18.1 Å². The number of aryl methyl sites for hydroxylation is 1. The molecule has 0 saturated carbocycles. The molecule has 2 aliphatic heterocycles. The summed E-state index contributed by atoms with van der Waals surface area (Å²) in [7, 11) is 1.65. The van der Waals surface area contributed by atoms with Gasteiger partial charge in [0, 0.05) is 16.0 Å². The van der Waals surface area contributed by atoms with Gasteiger partial charge in [-0.25, -0.2) is 0 Å². The summed E-state index contributed by atoms with van der Waals surface area (Å²) >= 11 is 3.54. The molecule has 0 aliphatic carbocycles. The summed E-state index contributed by atoms with van der Waals surface area (Å²) in [5.41, 5.74) is 1.60. The third-order valence-corrected chi connectivity index (χ3v) is 6.85. The molecule has 160 valence electrons. The van der Waals surface area contributed by atoms with Crippen molar-refractivity contribution in [3.8, 4) is 11.5 Å². The Labute approximate surface area is 185 Å². The molecule has 2 aromatic carbocycles. The molecule has 1 saturated heterocycles. The number of rotatable bonds is 5. The lowest BCUT2D eigenvalue weighted by atomic mass is 9.71. The first-order valence-electron chi connectivity index (χ1n) is 10.3. The van der Waals surface area contributed by atoms with Gasteiger partial charge in [0.2, 0.25) is 0 Å². The first kappa shape index (κ1) is 21.2. The maximum Gasteiger partial charge on any atom is 0.309 e. The second kappa shape index (κ2) is 8.23. The van der Waals surface area contributed by atoms with Gasteiger partial charge in [-0.2, -0.15) is 0 Å². The second-order valence-corrected chi connectivity index (χ2v) is 9.58. The van der Waals surface area contributed by atoms with E-state index in [9.17, 15) is 9.90 Å². The Hall–Kier alpha value is -2.05. The SMILES string of the molecule is COc1cccc(CC[C@@H]2O[C@@H]3c4cc(Br)ccc4OC(C)(C)[C@H]3C[C@@H]2C(=O)O)c1. The van der Waals surface area contributed by atoms with Gasteiger partial charge in [-0.15, -0.1) is 0 Å². The van der Waals surface area contributed by atoms with Crippen molar-refractivity contribution in [1.29, 1.82) is 0 Å². The number of methoxy groups -OCH3 is 1. The number of ether oxygens (including phenoxy) is 3. The minimum atomic E-state index is -0.806. The molecule has 1 N–H and O–H groups in total. The number of carboxylic acids is 1. The molecule has 0 unspecified atom stereocenters. The number of fused-ring (bicyclic) bond motifs is 3. The molecule has 30 heavy (non-hydrogen) atoms. The molecule has 0 bridgehead atoms. The molecule has 1 fully saturated rings. The monoisotopic (exact) mass is 474 g/mol. The van der Waals surface area contributed by atoms with Crippen molar-refractivity contribution < 1.29 is 24.1 Å². The summed E-state index contributed by atoms with van der Waals surface area (Å²) in [6.45, 7) is 4.04. The molecule has 0 amide bonds. The lowest BCUT2D eigenvalue weighted by molar-refractivity contribution is -0.188. The summed E-state index contributed by atoms with van der Waals surface area (Å²) in [5, 5.41) is 9.94. The van der Waals surface area contributed by atoms with Crippen molar-refractivity contribution in [1.82, 2.24) is 0 Å². The van der Waals surface area contributed by atoms with Crippen LogP contribution in [0.3, 0.4) is 0 Å². The van der Waals surface area contributed by atoms with Crippen LogP contribution in [0.5, 0.6) is 11.5 Å². The molecule has 0 radical (unpaired) electrons. The molecular weight excluding hydrogens is 448 g/mol. The highest BCUT2D eigenvalue weighted by atomic mass is 79.9. The maximum absolute atomic E-state index is 12.1. The summed E-state index contributed by atoms with van der Waals surface area (Å²) in [6, 6.07) is 13.8. The standard InChI is InChI=1S/C24H27BrO5/c1-24(2)19-13-18(23(26)27)20(9-7-14-5-4-6-16(11-14)28-3)29-22(19)17-12-15(25)8-10-21(17)30-24/h4-6,8,10-12,18-20,22H,7,9,13H2,1-3H3,(H,26,27)/t18-,19-,20-,22+/m0/s1. The highest BCUT2D eigenvalue weighted by molar-refractivity contribution is 9.10. The highest BCUT2D eigenvalue weighted by Gasteiger charge is 2.51. The van der Waals surface area contributed by atoms with Crippen LogP contribution in [0.2, 0.25) is 0 Å². The highest BCUT2D eigenvalue weighted by Crippen LogP contribution is 2.52. The topological polar surface area (TPSA) is 65.0 Å². The van der Waals surface area contributed by atoms with Gasteiger partial charge in [-0.1, -0.05) is 28.1 Å². The fraction of sp³-hybridized carbons (Fsp3) is 0.458. The normalized spacial score (nSPS) is 26.8. The van der Waals surface area contributed by atoms with Crippen LogP contribution >= 0.6 is 15.9 Å². The lowest BCUT2D eigenvalue weighted by Crippen LogP contribution is -2.52. The van der Waals surface area contributed by atoms with E-state index in [1.807, 2.05) is 56.3 Å².